The molecule has 1 aliphatic rings. The molecule has 1 amide bonds. The van der Waals surface area contributed by atoms with Crippen LogP contribution in [0.2, 0.25) is 0 Å². The second-order valence-corrected chi connectivity index (χ2v) is 7.51. The van der Waals surface area contributed by atoms with Crippen molar-refractivity contribution >= 4 is 16.9 Å². The number of amides is 1. The molecule has 2 atom stereocenters. The summed E-state index contributed by atoms with van der Waals surface area (Å²) in [5.74, 6) is -0.0324. The van der Waals surface area contributed by atoms with Gasteiger partial charge in [-0.2, -0.15) is 5.10 Å². The van der Waals surface area contributed by atoms with Crippen LogP contribution in [0.1, 0.15) is 27.5 Å². The summed E-state index contributed by atoms with van der Waals surface area (Å²) in [7, 11) is 0. The lowest BCUT2D eigenvalue weighted by atomic mass is 9.94. The van der Waals surface area contributed by atoms with Crippen molar-refractivity contribution in [1.82, 2.24) is 25.5 Å². The zero-order valence-corrected chi connectivity index (χ0v) is 16.5. The van der Waals surface area contributed by atoms with Gasteiger partial charge < -0.3 is 10.1 Å². The lowest BCUT2D eigenvalue weighted by molar-refractivity contribution is 0.0928. The average Bonchev–Trinajstić information content (AvgIpc) is 3.40. The molecule has 2 unspecified atom stereocenters. The van der Waals surface area contributed by atoms with E-state index in [0.29, 0.717) is 24.4 Å². The predicted octanol–water partition coefficient (Wildman–Crippen LogP) is 3.24. The fourth-order valence-electron chi connectivity index (χ4n) is 3.92. The summed E-state index contributed by atoms with van der Waals surface area (Å²) < 4.78 is 5.66. The van der Waals surface area contributed by atoms with Crippen LogP contribution < -0.4 is 5.32 Å². The first-order valence-corrected chi connectivity index (χ1v) is 9.90. The third kappa shape index (κ3) is 3.44. The van der Waals surface area contributed by atoms with Crippen molar-refractivity contribution in [3.63, 3.8) is 0 Å². The summed E-state index contributed by atoms with van der Waals surface area (Å²) in [6, 6.07) is 15.7. The van der Waals surface area contributed by atoms with E-state index in [0.717, 1.165) is 22.3 Å². The van der Waals surface area contributed by atoms with E-state index < -0.39 is 0 Å². The Morgan fingerprint density at radius 3 is 2.83 bits per heavy atom. The zero-order valence-electron chi connectivity index (χ0n) is 16.5. The van der Waals surface area contributed by atoms with Gasteiger partial charge in [0.15, 0.2) is 5.65 Å². The molecule has 3 aromatic heterocycles. The molecule has 1 saturated heterocycles. The molecule has 1 aliphatic heterocycles. The molecule has 30 heavy (non-hydrogen) atoms. The Morgan fingerprint density at radius 1 is 1.13 bits per heavy atom. The van der Waals surface area contributed by atoms with Gasteiger partial charge in [-0.15, -0.1) is 0 Å². The first-order valence-electron chi connectivity index (χ1n) is 9.90. The average molecular weight is 399 g/mol. The number of nitrogens with zero attached hydrogens (tertiary/aromatic N) is 3. The van der Waals surface area contributed by atoms with Gasteiger partial charge in [-0.25, -0.2) is 4.98 Å². The Morgan fingerprint density at radius 2 is 2.00 bits per heavy atom. The Balaban J connectivity index is 1.42. The number of ether oxygens (including phenoxy) is 1. The van der Waals surface area contributed by atoms with Gasteiger partial charge in [0.05, 0.1) is 24.8 Å². The van der Waals surface area contributed by atoms with Gasteiger partial charge in [-0.05, 0) is 30.7 Å². The van der Waals surface area contributed by atoms with Gasteiger partial charge in [0.2, 0.25) is 0 Å². The lowest BCUT2D eigenvalue weighted by Gasteiger charge is -2.19. The standard InChI is InChI=1S/C23H21N5O2/c1-14-9-16(7-8-24-14)21-18-10-17(11-25-22(18)28-27-21)23(29)26-20-13-30-12-19(20)15-5-3-2-4-6-15/h2-11,19-20H,12-13H2,1H3,(H,26,29)(H,25,27,28). The van der Waals surface area contributed by atoms with Crippen molar-refractivity contribution in [2.45, 2.75) is 18.9 Å². The first kappa shape index (κ1) is 18.4. The normalized spacial score (nSPS) is 18.6. The second-order valence-electron chi connectivity index (χ2n) is 7.51. The molecule has 0 bridgehead atoms. The highest BCUT2D eigenvalue weighted by Crippen LogP contribution is 2.28. The maximum Gasteiger partial charge on any atom is 0.253 e. The molecule has 0 spiro atoms. The van der Waals surface area contributed by atoms with E-state index >= 15 is 0 Å². The van der Waals surface area contributed by atoms with Crippen LogP contribution in [-0.2, 0) is 4.74 Å². The topological polar surface area (TPSA) is 92.8 Å². The number of carbonyl (C=O) groups is 1. The Bertz CT molecular complexity index is 1200. The summed E-state index contributed by atoms with van der Waals surface area (Å²) in [4.78, 5) is 21.6. The summed E-state index contributed by atoms with van der Waals surface area (Å²) in [6.45, 7) is 3.02. The van der Waals surface area contributed by atoms with Crippen LogP contribution in [0.5, 0.6) is 0 Å². The van der Waals surface area contributed by atoms with E-state index in [1.807, 2.05) is 43.3 Å². The van der Waals surface area contributed by atoms with Crippen molar-refractivity contribution in [2.24, 2.45) is 0 Å². The number of H-pyrrole nitrogens is 1. The molecular formula is C23H21N5O2. The van der Waals surface area contributed by atoms with Gasteiger partial charge in [0, 0.05) is 35.0 Å². The molecular weight excluding hydrogens is 378 g/mol. The van der Waals surface area contributed by atoms with Gasteiger partial charge in [-0.1, -0.05) is 30.3 Å². The number of carbonyl (C=O) groups excluding carboxylic acids is 1. The highest BCUT2D eigenvalue weighted by molar-refractivity contribution is 6.00. The van der Waals surface area contributed by atoms with Gasteiger partial charge in [0.25, 0.3) is 5.91 Å². The van der Waals surface area contributed by atoms with Crippen LogP contribution in [0.3, 0.4) is 0 Å². The molecule has 4 aromatic rings. The minimum Gasteiger partial charge on any atom is -0.379 e. The highest BCUT2D eigenvalue weighted by atomic mass is 16.5. The maximum absolute atomic E-state index is 13.0. The van der Waals surface area contributed by atoms with E-state index in [9.17, 15) is 4.79 Å². The van der Waals surface area contributed by atoms with Crippen molar-refractivity contribution in [3.8, 4) is 11.3 Å². The number of rotatable bonds is 4. The molecule has 0 radical (unpaired) electrons. The van der Waals surface area contributed by atoms with Crippen molar-refractivity contribution in [1.29, 1.82) is 0 Å². The minimum absolute atomic E-state index is 0.0812. The molecule has 1 aromatic carbocycles. The van der Waals surface area contributed by atoms with E-state index in [2.05, 4.69) is 37.6 Å². The summed E-state index contributed by atoms with van der Waals surface area (Å²) >= 11 is 0. The van der Waals surface area contributed by atoms with Crippen molar-refractivity contribution in [2.75, 3.05) is 13.2 Å². The molecule has 2 N–H and O–H groups in total. The molecule has 5 rings (SSSR count). The molecule has 0 aliphatic carbocycles. The molecule has 0 saturated carbocycles. The van der Waals surface area contributed by atoms with E-state index in [1.54, 1.807) is 12.4 Å². The number of aromatic nitrogens is 4. The van der Waals surface area contributed by atoms with Crippen LogP contribution in [0.25, 0.3) is 22.3 Å². The van der Waals surface area contributed by atoms with Crippen LogP contribution >= 0.6 is 0 Å². The third-order valence-corrected chi connectivity index (χ3v) is 5.47. The second kappa shape index (κ2) is 7.68. The third-order valence-electron chi connectivity index (χ3n) is 5.47. The Hall–Kier alpha value is -3.58. The summed E-state index contributed by atoms with van der Waals surface area (Å²) in [6.07, 6.45) is 3.32. The highest BCUT2D eigenvalue weighted by Gasteiger charge is 2.31. The van der Waals surface area contributed by atoms with Crippen molar-refractivity contribution in [3.05, 3.63) is 77.7 Å². The van der Waals surface area contributed by atoms with Crippen LogP contribution in [-0.4, -0.2) is 45.3 Å². The maximum atomic E-state index is 13.0. The number of pyridine rings is 2. The van der Waals surface area contributed by atoms with E-state index in [4.69, 9.17) is 4.74 Å². The molecule has 150 valence electrons. The van der Waals surface area contributed by atoms with E-state index in [1.165, 1.54) is 5.56 Å². The SMILES string of the molecule is Cc1cc(-c2n[nH]c3ncc(C(=O)NC4COCC4c4ccccc4)cc23)ccn1. The summed E-state index contributed by atoms with van der Waals surface area (Å²) in [5.41, 5.74) is 4.89. The predicted molar refractivity (Wildman–Crippen MR) is 113 cm³/mol. The number of nitrogens with one attached hydrogen (secondary N) is 2. The number of benzene rings is 1. The lowest BCUT2D eigenvalue weighted by Crippen LogP contribution is -2.39. The zero-order chi connectivity index (χ0) is 20.5. The van der Waals surface area contributed by atoms with Crippen LogP contribution in [0.15, 0.2) is 60.9 Å². The van der Waals surface area contributed by atoms with Gasteiger partial charge >= 0.3 is 0 Å². The quantitative estimate of drug-likeness (QED) is 0.550. The molecule has 7 heteroatoms. The first-order chi connectivity index (χ1) is 14.7. The minimum atomic E-state index is -0.168. The Labute approximate surface area is 173 Å². The monoisotopic (exact) mass is 399 g/mol. The number of hydrogen-bond acceptors (Lipinski definition) is 5. The number of aromatic amines is 1. The molecule has 4 heterocycles. The molecule has 1 fully saturated rings. The van der Waals surface area contributed by atoms with Crippen LogP contribution in [0.4, 0.5) is 0 Å². The van der Waals surface area contributed by atoms with Crippen molar-refractivity contribution < 1.29 is 9.53 Å². The van der Waals surface area contributed by atoms with Gasteiger partial charge in [0.1, 0.15) is 5.69 Å². The summed E-state index contributed by atoms with van der Waals surface area (Å²) in [5, 5.41) is 11.3. The van der Waals surface area contributed by atoms with Gasteiger partial charge in [-0.3, -0.25) is 14.9 Å². The Kier molecular flexibility index (Phi) is 4.72. The largest absolute Gasteiger partial charge is 0.379 e. The molecule has 7 nitrogen and oxygen atoms in total. The number of fused-ring (bicyclic) bond motifs is 1. The number of aryl methyl sites for hydroxylation is 1. The van der Waals surface area contributed by atoms with E-state index in [-0.39, 0.29) is 17.9 Å². The smallest absolute Gasteiger partial charge is 0.253 e. The van der Waals surface area contributed by atoms with Crippen LogP contribution in [0, 0.1) is 6.92 Å². The fraction of sp³-hybridized carbons (Fsp3) is 0.217. The fourth-order valence-corrected chi connectivity index (χ4v) is 3.92. The number of hydrogen-bond donors (Lipinski definition) is 2.